The average Bonchev–Trinajstić information content (AvgIpc) is 3.21. The summed E-state index contributed by atoms with van der Waals surface area (Å²) < 4.78 is 0. The Morgan fingerprint density at radius 3 is 2.44 bits per heavy atom. The van der Waals surface area contributed by atoms with E-state index in [1.54, 1.807) is 13.2 Å². The van der Waals surface area contributed by atoms with Crippen LogP contribution in [0.5, 0.6) is 0 Å². The summed E-state index contributed by atoms with van der Waals surface area (Å²) >= 11 is 5.80. The number of aromatic nitrogens is 2. The molecule has 3 rings (SSSR count). The maximum atomic E-state index is 5.80. The molecule has 0 amide bonds. The summed E-state index contributed by atoms with van der Waals surface area (Å²) in [4.78, 5) is 15.3. The third-order valence-electron chi connectivity index (χ3n) is 4.42. The van der Waals surface area contributed by atoms with E-state index >= 15 is 0 Å². The molecule has 0 bridgehead atoms. The highest BCUT2D eigenvalue weighted by Gasteiger charge is 2.12. The molecule has 0 saturated carbocycles. The number of rotatable bonds is 6. The second-order valence-electron chi connectivity index (χ2n) is 6.31. The van der Waals surface area contributed by atoms with E-state index in [1.807, 2.05) is 18.3 Å². The number of pyridine rings is 2. The second kappa shape index (κ2) is 11.3. The SMILES string of the molecule is CN=C(NCCc1ccc(Cl)nc1)NCc1ccc(N2CCCC2)nc1.I. The van der Waals surface area contributed by atoms with E-state index in [2.05, 4.69) is 42.6 Å². The van der Waals surface area contributed by atoms with E-state index in [1.165, 1.54) is 12.8 Å². The molecule has 8 heteroatoms. The van der Waals surface area contributed by atoms with E-state index in [9.17, 15) is 0 Å². The van der Waals surface area contributed by atoms with Crippen molar-refractivity contribution in [1.82, 2.24) is 20.6 Å². The lowest BCUT2D eigenvalue weighted by Gasteiger charge is -2.16. The molecular weight excluding hydrogens is 475 g/mol. The van der Waals surface area contributed by atoms with Gasteiger partial charge in [-0.25, -0.2) is 9.97 Å². The van der Waals surface area contributed by atoms with Crippen molar-refractivity contribution in [2.45, 2.75) is 25.8 Å². The highest BCUT2D eigenvalue weighted by atomic mass is 127. The van der Waals surface area contributed by atoms with Crippen LogP contribution in [0.1, 0.15) is 24.0 Å². The van der Waals surface area contributed by atoms with Gasteiger partial charge in [0.05, 0.1) is 0 Å². The van der Waals surface area contributed by atoms with Crippen molar-refractivity contribution in [3.05, 3.63) is 52.9 Å². The summed E-state index contributed by atoms with van der Waals surface area (Å²) in [6, 6.07) is 8.02. The van der Waals surface area contributed by atoms with Crippen LogP contribution in [0.25, 0.3) is 0 Å². The van der Waals surface area contributed by atoms with Gasteiger partial charge >= 0.3 is 0 Å². The van der Waals surface area contributed by atoms with Crippen LogP contribution >= 0.6 is 35.6 Å². The number of nitrogens with zero attached hydrogens (tertiary/aromatic N) is 4. The van der Waals surface area contributed by atoms with Crippen molar-refractivity contribution < 1.29 is 0 Å². The van der Waals surface area contributed by atoms with Gasteiger partial charge in [-0.15, -0.1) is 24.0 Å². The Morgan fingerprint density at radius 2 is 1.81 bits per heavy atom. The first-order valence-electron chi connectivity index (χ1n) is 8.99. The molecule has 2 aromatic heterocycles. The van der Waals surface area contributed by atoms with Gasteiger partial charge in [0.1, 0.15) is 11.0 Å². The molecule has 0 unspecified atom stereocenters. The van der Waals surface area contributed by atoms with Crippen LogP contribution in [0, 0.1) is 0 Å². The molecule has 146 valence electrons. The molecule has 1 saturated heterocycles. The Hall–Kier alpha value is -1.61. The number of aliphatic imine (C=N–C) groups is 1. The van der Waals surface area contributed by atoms with Crippen LogP contribution in [-0.2, 0) is 13.0 Å². The first-order chi connectivity index (χ1) is 12.7. The molecule has 6 nitrogen and oxygen atoms in total. The van der Waals surface area contributed by atoms with Crippen LogP contribution in [0.15, 0.2) is 41.7 Å². The second-order valence-corrected chi connectivity index (χ2v) is 6.70. The Kier molecular flexibility index (Phi) is 9.06. The lowest BCUT2D eigenvalue weighted by molar-refractivity contribution is 0.791. The first kappa shape index (κ1) is 21.7. The van der Waals surface area contributed by atoms with Crippen LogP contribution in [0.4, 0.5) is 5.82 Å². The molecule has 0 radical (unpaired) electrons. The van der Waals surface area contributed by atoms with Crippen LogP contribution in [0.2, 0.25) is 5.15 Å². The minimum absolute atomic E-state index is 0. The fourth-order valence-electron chi connectivity index (χ4n) is 2.94. The van der Waals surface area contributed by atoms with Gasteiger partial charge in [-0.2, -0.15) is 0 Å². The third kappa shape index (κ3) is 6.80. The zero-order valence-electron chi connectivity index (χ0n) is 15.5. The molecule has 3 heterocycles. The van der Waals surface area contributed by atoms with E-state index in [0.29, 0.717) is 11.7 Å². The highest BCUT2D eigenvalue weighted by molar-refractivity contribution is 14.0. The maximum absolute atomic E-state index is 5.80. The summed E-state index contributed by atoms with van der Waals surface area (Å²) in [7, 11) is 1.77. The quantitative estimate of drug-likeness (QED) is 0.276. The van der Waals surface area contributed by atoms with Gasteiger partial charge in [0.2, 0.25) is 0 Å². The largest absolute Gasteiger partial charge is 0.357 e. The molecule has 0 aliphatic carbocycles. The lowest BCUT2D eigenvalue weighted by Crippen LogP contribution is -2.37. The van der Waals surface area contributed by atoms with Crippen molar-refractivity contribution in [3.8, 4) is 0 Å². The summed E-state index contributed by atoms with van der Waals surface area (Å²) in [6.45, 7) is 3.69. The van der Waals surface area contributed by atoms with Gasteiger partial charge in [0.15, 0.2) is 5.96 Å². The van der Waals surface area contributed by atoms with Crippen LogP contribution in [-0.4, -0.2) is 42.6 Å². The molecule has 2 aromatic rings. The van der Waals surface area contributed by atoms with E-state index < -0.39 is 0 Å². The minimum atomic E-state index is 0. The Bertz CT molecular complexity index is 714. The number of hydrogen-bond acceptors (Lipinski definition) is 4. The number of halogens is 2. The van der Waals surface area contributed by atoms with Crippen molar-refractivity contribution in [1.29, 1.82) is 0 Å². The smallest absolute Gasteiger partial charge is 0.191 e. The topological polar surface area (TPSA) is 65.4 Å². The van der Waals surface area contributed by atoms with Gasteiger partial charge < -0.3 is 15.5 Å². The van der Waals surface area contributed by atoms with Crippen LogP contribution in [0.3, 0.4) is 0 Å². The monoisotopic (exact) mass is 500 g/mol. The summed E-state index contributed by atoms with van der Waals surface area (Å²) in [6.07, 6.45) is 7.12. The Balaban J connectivity index is 0.00000261. The van der Waals surface area contributed by atoms with Gasteiger partial charge in [-0.05, 0) is 42.5 Å². The summed E-state index contributed by atoms with van der Waals surface area (Å²) in [5.74, 6) is 1.85. The predicted octanol–water partition coefficient (Wildman–Crippen LogP) is 3.26. The highest BCUT2D eigenvalue weighted by Crippen LogP contribution is 2.17. The number of hydrogen-bond donors (Lipinski definition) is 2. The molecule has 1 aliphatic heterocycles. The summed E-state index contributed by atoms with van der Waals surface area (Å²) in [5, 5.41) is 7.14. The molecule has 0 spiro atoms. The Labute approximate surface area is 182 Å². The van der Waals surface area contributed by atoms with E-state index in [-0.39, 0.29) is 24.0 Å². The van der Waals surface area contributed by atoms with Crippen molar-refractivity contribution in [2.24, 2.45) is 4.99 Å². The molecule has 2 N–H and O–H groups in total. The van der Waals surface area contributed by atoms with Crippen LogP contribution < -0.4 is 15.5 Å². The lowest BCUT2D eigenvalue weighted by atomic mass is 10.2. The fraction of sp³-hybridized carbons (Fsp3) is 0.421. The van der Waals surface area contributed by atoms with Gasteiger partial charge in [-0.3, -0.25) is 4.99 Å². The van der Waals surface area contributed by atoms with Crippen molar-refractivity contribution >= 4 is 47.4 Å². The van der Waals surface area contributed by atoms with Crippen molar-refractivity contribution in [3.63, 3.8) is 0 Å². The molecule has 27 heavy (non-hydrogen) atoms. The van der Waals surface area contributed by atoms with Gasteiger partial charge in [0, 0.05) is 45.6 Å². The molecule has 0 atom stereocenters. The maximum Gasteiger partial charge on any atom is 0.191 e. The zero-order chi connectivity index (χ0) is 18.2. The van der Waals surface area contributed by atoms with Gasteiger partial charge in [0.25, 0.3) is 0 Å². The molecular formula is C19H26ClIN6. The number of anilines is 1. The standard InChI is InChI=1S/C19H25ClN6.HI/c1-21-19(22-9-8-15-4-6-17(20)23-12-15)25-14-16-5-7-18(24-13-16)26-10-2-3-11-26;/h4-7,12-13H,2-3,8-11,14H2,1H3,(H2,21,22,25);1H. The predicted molar refractivity (Wildman–Crippen MR) is 122 cm³/mol. The van der Waals surface area contributed by atoms with E-state index in [0.717, 1.165) is 49.0 Å². The van der Waals surface area contributed by atoms with E-state index in [4.69, 9.17) is 11.6 Å². The summed E-state index contributed by atoms with van der Waals surface area (Å²) in [5.41, 5.74) is 2.27. The fourth-order valence-corrected chi connectivity index (χ4v) is 3.05. The first-order valence-corrected chi connectivity index (χ1v) is 9.37. The molecule has 1 fully saturated rings. The molecule has 1 aliphatic rings. The van der Waals surface area contributed by atoms with Gasteiger partial charge in [-0.1, -0.05) is 23.7 Å². The third-order valence-corrected chi connectivity index (χ3v) is 4.64. The average molecular weight is 501 g/mol. The Morgan fingerprint density at radius 1 is 1.07 bits per heavy atom. The minimum Gasteiger partial charge on any atom is -0.357 e. The van der Waals surface area contributed by atoms with Crippen molar-refractivity contribution in [2.75, 3.05) is 31.6 Å². The number of nitrogens with one attached hydrogen (secondary N) is 2. The number of guanidine groups is 1. The molecule has 0 aromatic carbocycles. The normalized spacial score (nSPS) is 14.0. The zero-order valence-corrected chi connectivity index (χ0v) is 18.6.